The van der Waals surface area contributed by atoms with Crippen LogP contribution in [0.4, 0.5) is 0 Å². The van der Waals surface area contributed by atoms with E-state index in [2.05, 4.69) is 33.8 Å². The number of unbranched alkanes of at least 4 members (excludes halogenated alkanes) is 41. The molecule has 0 bridgehead atoms. The molecule has 0 saturated heterocycles. The fraction of sp³-hybridized carbons (Fsp3) is 0.895. The van der Waals surface area contributed by atoms with E-state index in [9.17, 15) is 8.42 Å². The van der Waals surface area contributed by atoms with Gasteiger partial charge >= 0.3 is 10.1 Å². The molecule has 1 aromatic rings. The molecule has 0 aliphatic rings. The Kier molecular flexibility index (Phi) is 42.0. The molecule has 0 aliphatic heterocycles. The van der Waals surface area contributed by atoms with Gasteiger partial charge in [0, 0.05) is 0 Å². The number of hydrogen-bond acceptors (Lipinski definition) is 3. The van der Waals surface area contributed by atoms with Gasteiger partial charge in [0.2, 0.25) is 0 Å². The molecule has 0 fully saturated rings. The molecule has 1 rings (SSSR count). The average molecular weight is 874 g/mol. The van der Waals surface area contributed by atoms with Gasteiger partial charge in [-0.25, -0.2) is 0 Å². The monoisotopic (exact) mass is 873 g/mol. The maximum atomic E-state index is 13.4. The summed E-state index contributed by atoms with van der Waals surface area (Å²) in [6, 6.07) is 4.09. The normalized spacial score (nSPS) is 11.9. The molecule has 1 aromatic carbocycles. The highest BCUT2D eigenvalue weighted by molar-refractivity contribution is 7.87. The molecule has 0 radical (unpaired) electrons. The van der Waals surface area contributed by atoms with Crippen LogP contribution < -0.4 is 4.18 Å². The van der Waals surface area contributed by atoms with E-state index in [1.54, 1.807) is 0 Å². The van der Waals surface area contributed by atoms with Crippen molar-refractivity contribution < 1.29 is 12.6 Å². The third-order valence-corrected chi connectivity index (χ3v) is 14.9. The van der Waals surface area contributed by atoms with Crippen LogP contribution in [0.1, 0.15) is 320 Å². The van der Waals surface area contributed by atoms with Gasteiger partial charge in [-0.3, -0.25) is 0 Å². The summed E-state index contributed by atoms with van der Waals surface area (Å²) < 4.78 is 32.8. The van der Waals surface area contributed by atoms with Gasteiger partial charge in [0.1, 0.15) is 5.75 Å². The Morgan fingerprint density at radius 1 is 0.328 bits per heavy atom. The smallest absolute Gasteiger partial charge is 0.309 e. The van der Waals surface area contributed by atoms with Crippen LogP contribution in [-0.2, 0) is 23.0 Å². The highest BCUT2D eigenvalue weighted by Gasteiger charge is 2.19. The van der Waals surface area contributed by atoms with Crippen molar-refractivity contribution >= 4 is 10.1 Å². The van der Waals surface area contributed by atoms with Crippen LogP contribution in [-0.4, -0.2) is 14.2 Å². The highest BCUT2D eigenvalue weighted by atomic mass is 32.2. The lowest BCUT2D eigenvalue weighted by atomic mass is 9.92. The first-order valence-electron chi connectivity index (χ1n) is 28.0. The molecule has 0 amide bonds. The van der Waals surface area contributed by atoms with Crippen LogP contribution in [0, 0.1) is 6.92 Å². The lowest BCUT2D eigenvalue weighted by Gasteiger charge is -2.18. The Labute approximate surface area is 384 Å². The molecule has 0 spiro atoms. The molecule has 0 atom stereocenters. The third kappa shape index (κ3) is 37.0. The summed E-state index contributed by atoms with van der Waals surface area (Å²) in [7, 11) is -3.61. The second kappa shape index (κ2) is 44.2. The Morgan fingerprint density at radius 3 is 0.869 bits per heavy atom. The van der Waals surface area contributed by atoms with Crippen molar-refractivity contribution in [3.05, 3.63) is 28.8 Å². The minimum absolute atomic E-state index is 0.131. The molecule has 0 aromatic heterocycles. The van der Waals surface area contributed by atoms with Crippen LogP contribution in [0.3, 0.4) is 0 Å². The van der Waals surface area contributed by atoms with E-state index in [1.807, 2.05) is 6.07 Å². The first-order valence-corrected chi connectivity index (χ1v) is 29.6. The van der Waals surface area contributed by atoms with Crippen molar-refractivity contribution in [2.24, 2.45) is 0 Å². The molecule has 0 unspecified atom stereocenters. The number of hydrogen-bond donors (Lipinski definition) is 0. The van der Waals surface area contributed by atoms with Gasteiger partial charge in [0.05, 0.1) is 5.75 Å². The van der Waals surface area contributed by atoms with Crippen molar-refractivity contribution in [1.82, 2.24) is 0 Å². The van der Waals surface area contributed by atoms with E-state index in [0.717, 1.165) is 32.1 Å². The quantitative estimate of drug-likeness (QED) is 0.0484. The molecule has 4 heteroatoms. The first-order chi connectivity index (χ1) is 29.9. The van der Waals surface area contributed by atoms with Gasteiger partial charge in [-0.2, -0.15) is 8.42 Å². The van der Waals surface area contributed by atoms with Crippen molar-refractivity contribution in [3.8, 4) is 5.75 Å². The van der Waals surface area contributed by atoms with E-state index in [4.69, 9.17) is 4.18 Å². The molecule has 61 heavy (non-hydrogen) atoms. The van der Waals surface area contributed by atoms with Crippen molar-refractivity contribution in [1.29, 1.82) is 0 Å². The summed E-state index contributed by atoms with van der Waals surface area (Å²) in [5, 5.41) is 0. The number of benzene rings is 1. The largest absolute Gasteiger partial charge is 0.382 e. The Bertz CT molecular complexity index is 1160. The highest BCUT2D eigenvalue weighted by Crippen LogP contribution is 2.31. The van der Waals surface area contributed by atoms with Gasteiger partial charge < -0.3 is 4.18 Å². The standard InChI is InChI=1S/C57H108O3S/c1-5-8-11-14-17-20-23-26-29-30-33-36-39-42-45-48-53-61(58,59)60-57-52-51-54(4)55(49-46-43-40-37-34-31-27-24-21-18-15-12-9-6-2)56(57)50-47-44-41-38-35-32-28-25-22-19-16-13-10-7-3/h51-52H,5-50,53H2,1-4H3. The lowest BCUT2D eigenvalue weighted by molar-refractivity contribution is 0.476. The van der Waals surface area contributed by atoms with Gasteiger partial charge in [-0.15, -0.1) is 0 Å². The summed E-state index contributed by atoms with van der Waals surface area (Å²) in [5.41, 5.74) is 3.85. The molecular weight excluding hydrogens is 765 g/mol. The lowest BCUT2D eigenvalue weighted by Crippen LogP contribution is -2.16. The fourth-order valence-corrected chi connectivity index (χ4v) is 10.6. The van der Waals surface area contributed by atoms with Gasteiger partial charge in [-0.05, 0) is 61.8 Å². The molecule has 0 heterocycles. The minimum Gasteiger partial charge on any atom is -0.382 e. The summed E-state index contributed by atoms with van der Waals surface area (Å²) in [6.07, 6.45) is 60.6. The summed E-state index contributed by atoms with van der Waals surface area (Å²) in [5.74, 6) is 0.753. The fourth-order valence-electron chi connectivity index (χ4n) is 9.49. The Balaban J connectivity index is 2.50. The van der Waals surface area contributed by atoms with E-state index in [1.165, 1.54) is 274 Å². The van der Waals surface area contributed by atoms with Crippen molar-refractivity contribution in [3.63, 3.8) is 0 Å². The maximum Gasteiger partial charge on any atom is 0.309 e. The Hall–Kier alpha value is -1.03. The Morgan fingerprint density at radius 2 is 0.574 bits per heavy atom. The van der Waals surface area contributed by atoms with E-state index >= 15 is 0 Å². The SMILES string of the molecule is CCCCCCCCCCCCCCCCCCS(=O)(=O)Oc1ccc(C)c(CCCCCCCCCCCCCCCC)c1CCCCCCCCCCCCCCCC. The zero-order chi connectivity index (χ0) is 44.2. The minimum atomic E-state index is -3.61. The van der Waals surface area contributed by atoms with Crippen LogP contribution in [0.25, 0.3) is 0 Å². The van der Waals surface area contributed by atoms with Crippen molar-refractivity contribution in [2.45, 2.75) is 323 Å². The van der Waals surface area contributed by atoms with Gasteiger partial charge in [-0.1, -0.05) is 290 Å². The topological polar surface area (TPSA) is 43.4 Å². The second-order valence-electron chi connectivity index (χ2n) is 19.7. The zero-order valence-corrected chi connectivity index (χ0v) is 42.8. The maximum absolute atomic E-state index is 13.4. The van der Waals surface area contributed by atoms with Crippen LogP contribution in [0.15, 0.2) is 12.1 Å². The summed E-state index contributed by atoms with van der Waals surface area (Å²) in [4.78, 5) is 0. The van der Waals surface area contributed by atoms with Gasteiger partial charge in [0.25, 0.3) is 0 Å². The van der Waals surface area contributed by atoms with E-state index in [-0.39, 0.29) is 5.75 Å². The van der Waals surface area contributed by atoms with E-state index < -0.39 is 10.1 Å². The number of aryl methyl sites for hydroxylation is 1. The molecule has 0 aliphatic carbocycles. The number of rotatable bonds is 49. The van der Waals surface area contributed by atoms with Crippen LogP contribution in [0.2, 0.25) is 0 Å². The third-order valence-electron chi connectivity index (χ3n) is 13.6. The average Bonchev–Trinajstić information content (AvgIpc) is 3.25. The summed E-state index contributed by atoms with van der Waals surface area (Å²) >= 11 is 0. The molecular formula is C57H108O3S. The zero-order valence-electron chi connectivity index (χ0n) is 42.0. The predicted molar refractivity (Wildman–Crippen MR) is 273 cm³/mol. The van der Waals surface area contributed by atoms with Crippen LogP contribution in [0.5, 0.6) is 5.75 Å². The first kappa shape index (κ1) is 58.0. The van der Waals surface area contributed by atoms with Crippen LogP contribution >= 0.6 is 0 Å². The van der Waals surface area contributed by atoms with E-state index in [0.29, 0.717) is 12.2 Å². The second-order valence-corrected chi connectivity index (χ2v) is 21.4. The van der Waals surface area contributed by atoms with Crippen molar-refractivity contribution in [2.75, 3.05) is 5.75 Å². The molecule has 0 saturated carbocycles. The van der Waals surface area contributed by atoms with Gasteiger partial charge in [0.15, 0.2) is 0 Å². The molecule has 3 nitrogen and oxygen atoms in total. The summed E-state index contributed by atoms with van der Waals surface area (Å²) in [6.45, 7) is 9.11. The molecule has 0 N–H and O–H groups in total. The predicted octanol–water partition coefficient (Wildman–Crippen LogP) is 20.0. The molecule has 360 valence electrons.